The number of rotatable bonds is 4. The number of carbonyl (C=O) groups is 2. The van der Waals surface area contributed by atoms with Crippen molar-refractivity contribution in [3.05, 3.63) is 59.7 Å². The third kappa shape index (κ3) is 4.90. The summed E-state index contributed by atoms with van der Waals surface area (Å²) in [7, 11) is -3.80. The molecule has 24 heavy (non-hydrogen) atoms. The van der Waals surface area contributed by atoms with Crippen molar-refractivity contribution in [1.29, 1.82) is 0 Å². The summed E-state index contributed by atoms with van der Waals surface area (Å²) in [6, 6.07) is 12.7. The van der Waals surface area contributed by atoms with Gasteiger partial charge in [-0.1, -0.05) is 29.8 Å². The van der Waals surface area contributed by atoms with E-state index in [9.17, 15) is 18.0 Å². The van der Waals surface area contributed by atoms with E-state index in [0.29, 0.717) is 0 Å². The van der Waals surface area contributed by atoms with E-state index in [-0.39, 0.29) is 17.1 Å². The number of benzene rings is 2. The minimum Gasteiger partial charge on any atom is -0.344 e. The highest BCUT2D eigenvalue weighted by atomic mass is 32.2. The Bertz CT molecular complexity index is 844. The van der Waals surface area contributed by atoms with Crippen molar-refractivity contribution in [1.82, 2.24) is 5.32 Å². The van der Waals surface area contributed by atoms with Crippen LogP contribution in [0.15, 0.2) is 53.4 Å². The van der Waals surface area contributed by atoms with Crippen LogP contribution in [0.5, 0.6) is 0 Å². The Morgan fingerprint density at radius 2 is 1.54 bits per heavy atom. The van der Waals surface area contributed by atoms with Gasteiger partial charge in [0.05, 0.1) is 4.90 Å². The summed E-state index contributed by atoms with van der Waals surface area (Å²) in [5.41, 5.74) is 2.27. The van der Waals surface area contributed by atoms with E-state index >= 15 is 0 Å². The third-order valence-corrected chi connectivity index (χ3v) is 4.15. The van der Waals surface area contributed by atoms with E-state index in [4.69, 9.17) is 5.14 Å². The molecule has 2 rings (SSSR count). The average Bonchev–Trinajstić information content (AvgIpc) is 2.53. The van der Waals surface area contributed by atoms with Crippen molar-refractivity contribution in [2.24, 2.45) is 5.14 Å². The molecule has 126 valence electrons. The van der Waals surface area contributed by atoms with Gasteiger partial charge < -0.3 is 10.6 Å². The Morgan fingerprint density at radius 1 is 0.958 bits per heavy atom. The van der Waals surface area contributed by atoms with Gasteiger partial charge in [-0.3, -0.25) is 9.59 Å². The largest absolute Gasteiger partial charge is 0.344 e. The summed E-state index contributed by atoms with van der Waals surface area (Å²) in [5.74, 6) is -1.63. The molecular weight excluding hydrogens is 330 g/mol. The van der Waals surface area contributed by atoms with Crippen molar-refractivity contribution >= 4 is 27.5 Å². The molecule has 0 heterocycles. The number of anilines is 1. The Morgan fingerprint density at radius 3 is 2.08 bits per heavy atom. The molecule has 0 bridgehead atoms. The number of primary sulfonamides is 1. The van der Waals surface area contributed by atoms with Crippen LogP contribution in [0.25, 0.3) is 0 Å². The molecular formula is C16H17N3O4S. The van der Waals surface area contributed by atoms with Gasteiger partial charge in [-0.25, -0.2) is 13.6 Å². The minimum absolute atomic E-state index is 0.0793. The number of carbonyl (C=O) groups excluding carboxylic acids is 2. The quantitative estimate of drug-likeness (QED) is 0.712. The van der Waals surface area contributed by atoms with E-state index in [2.05, 4.69) is 10.6 Å². The van der Waals surface area contributed by atoms with Crippen molar-refractivity contribution in [3.8, 4) is 0 Å². The van der Waals surface area contributed by atoms with E-state index in [1.54, 1.807) is 0 Å². The highest BCUT2D eigenvalue weighted by Gasteiger charge is 2.14. The first-order valence-electron chi connectivity index (χ1n) is 7.03. The second-order valence-electron chi connectivity index (χ2n) is 5.19. The van der Waals surface area contributed by atoms with Gasteiger partial charge in [-0.2, -0.15) is 0 Å². The average molecular weight is 347 g/mol. The molecule has 0 saturated carbocycles. The van der Waals surface area contributed by atoms with E-state index in [0.717, 1.165) is 11.1 Å². The Hall–Kier alpha value is -2.71. The standard InChI is InChI=1S/C16H17N3O4S/c1-11-2-4-12(5-3-11)10-18-15(20)16(21)19-13-6-8-14(9-7-13)24(17,22)23/h2-9H,10H2,1H3,(H,18,20)(H,19,21)(H2,17,22,23). The van der Waals surface area contributed by atoms with Gasteiger partial charge in [-0.15, -0.1) is 0 Å². The highest BCUT2D eigenvalue weighted by Crippen LogP contribution is 2.12. The van der Waals surface area contributed by atoms with Gasteiger partial charge in [0, 0.05) is 12.2 Å². The minimum atomic E-state index is -3.80. The lowest BCUT2D eigenvalue weighted by molar-refractivity contribution is -0.136. The predicted molar refractivity (Wildman–Crippen MR) is 89.5 cm³/mol. The van der Waals surface area contributed by atoms with Crippen molar-refractivity contribution in [2.45, 2.75) is 18.4 Å². The molecule has 0 radical (unpaired) electrons. The molecule has 2 aromatic rings. The van der Waals surface area contributed by atoms with Gasteiger partial charge in [0.2, 0.25) is 10.0 Å². The lowest BCUT2D eigenvalue weighted by Gasteiger charge is -2.07. The second-order valence-corrected chi connectivity index (χ2v) is 6.75. The number of sulfonamides is 1. The zero-order chi connectivity index (χ0) is 17.7. The van der Waals surface area contributed by atoms with Gasteiger partial charge in [0.15, 0.2) is 0 Å². The number of hydrogen-bond donors (Lipinski definition) is 3. The van der Waals surface area contributed by atoms with E-state index < -0.39 is 21.8 Å². The maximum absolute atomic E-state index is 11.8. The summed E-state index contributed by atoms with van der Waals surface area (Å²) in [6.07, 6.45) is 0. The fourth-order valence-corrected chi connectivity index (χ4v) is 2.40. The molecule has 0 aliphatic heterocycles. The number of aryl methyl sites for hydroxylation is 1. The van der Waals surface area contributed by atoms with Crippen molar-refractivity contribution < 1.29 is 18.0 Å². The van der Waals surface area contributed by atoms with Crippen LogP contribution < -0.4 is 15.8 Å². The third-order valence-electron chi connectivity index (χ3n) is 3.22. The smallest absolute Gasteiger partial charge is 0.313 e. The zero-order valence-electron chi connectivity index (χ0n) is 12.9. The van der Waals surface area contributed by atoms with Crippen LogP contribution in [-0.4, -0.2) is 20.2 Å². The number of nitrogens with two attached hydrogens (primary N) is 1. The van der Waals surface area contributed by atoms with Gasteiger partial charge in [0.25, 0.3) is 0 Å². The van der Waals surface area contributed by atoms with Crippen LogP contribution in [0.4, 0.5) is 5.69 Å². The number of amides is 2. The van der Waals surface area contributed by atoms with Crippen LogP contribution in [0.2, 0.25) is 0 Å². The SMILES string of the molecule is Cc1ccc(CNC(=O)C(=O)Nc2ccc(S(N)(=O)=O)cc2)cc1. The van der Waals surface area contributed by atoms with Crippen LogP contribution in [-0.2, 0) is 26.2 Å². The second kappa shape index (κ2) is 7.24. The Balaban J connectivity index is 1.91. The van der Waals surface area contributed by atoms with Crippen LogP contribution in [0.1, 0.15) is 11.1 Å². The molecule has 2 aromatic carbocycles. The molecule has 0 atom stereocenters. The van der Waals surface area contributed by atoms with Crippen LogP contribution in [0, 0.1) is 6.92 Å². The predicted octanol–water partition coefficient (Wildman–Crippen LogP) is 0.897. The first-order valence-corrected chi connectivity index (χ1v) is 8.58. The van der Waals surface area contributed by atoms with Crippen molar-refractivity contribution in [2.75, 3.05) is 5.32 Å². The highest BCUT2D eigenvalue weighted by molar-refractivity contribution is 7.89. The molecule has 0 fully saturated rings. The summed E-state index contributed by atoms with van der Waals surface area (Å²) < 4.78 is 22.3. The topological polar surface area (TPSA) is 118 Å². The zero-order valence-corrected chi connectivity index (χ0v) is 13.8. The maximum atomic E-state index is 11.8. The first-order chi connectivity index (χ1) is 11.3. The van der Waals surface area contributed by atoms with Gasteiger partial charge >= 0.3 is 11.8 Å². The van der Waals surface area contributed by atoms with Crippen molar-refractivity contribution in [3.63, 3.8) is 0 Å². The van der Waals surface area contributed by atoms with Gasteiger partial charge in [0.1, 0.15) is 0 Å². The Labute approximate surface area is 139 Å². The fourth-order valence-electron chi connectivity index (χ4n) is 1.88. The lowest BCUT2D eigenvalue weighted by Crippen LogP contribution is -2.34. The summed E-state index contributed by atoms with van der Waals surface area (Å²) in [5, 5.41) is 9.87. The molecule has 4 N–H and O–H groups in total. The number of nitrogens with one attached hydrogen (secondary N) is 2. The molecule has 0 aliphatic carbocycles. The first kappa shape index (κ1) is 17.6. The molecule has 0 aliphatic rings. The van der Waals surface area contributed by atoms with Gasteiger partial charge in [-0.05, 0) is 36.8 Å². The van der Waals surface area contributed by atoms with Crippen LogP contribution >= 0.6 is 0 Å². The van der Waals surface area contributed by atoms with Crippen LogP contribution in [0.3, 0.4) is 0 Å². The molecule has 2 amide bonds. The monoisotopic (exact) mass is 347 g/mol. The normalized spacial score (nSPS) is 10.9. The summed E-state index contributed by atoms with van der Waals surface area (Å²) in [6.45, 7) is 2.19. The lowest BCUT2D eigenvalue weighted by atomic mass is 10.1. The molecule has 8 heteroatoms. The summed E-state index contributed by atoms with van der Waals surface area (Å²) in [4.78, 5) is 23.5. The van der Waals surface area contributed by atoms with E-state index in [1.807, 2.05) is 31.2 Å². The molecule has 0 saturated heterocycles. The molecule has 7 nitrogen and oxygen atoms in total. The Kier molecular flexibility index (Phi) is 5.32. The van der Waals surface area contributed by atoms with E-state index in [1.165, 1.54) is 24.3 Å². The maximum Gasteiger partial charge on any atom is 0.313 e. The molecule has 0 unspecified atom stereocenters. The number of hydrogen-bond acceptors (Lipinski definition) is 4. The fraction of sp³-hybridized carbons (Fsp3) is 0.125. The molecule has 0 spiro atoms. The summed E-state index contributed by atoms with van der Waals surface area (Å²) >= 11 is 0. The molecule has 0 aromatic heterocycles.